The van der Waals surface area contributed by atoms with Crippen LogP contribution in [0.15, 0.2) is 97.1 Å². The Morgan fingerprint density at radius 3 is 1.21 bits per heavy atom. The van der Waals surface area contributed by atoms with E-state index < -0.39 is 0 Å². The second-order valence-corrected chi connectivity index (χ2v) is 9.20. The van der Waals surface area contributed by atoms with Crippen LogP contribution in [0.25, 0.3) is 11.1 Å². The van der Waals surface area contributed by atoms with Gasteiger partial charge in [0.2, 0.25) is 0 Å². The molecule has 0 aliphatic heterocycles. The van der Waals surface area contributed by atoms with E-state index >= 15 is 0 Å². The van der Waals surface area contributed by atoms with Crippen molar-refractivity contribution < 1.29 is 0 Å². The van der Waals surface area contributed by atoms with E-state index in [2.05, 4.69) is 135 Å². The number of para-hydroxylation sites is 2. The molecule has 0 amide bonds. The maximum Gasteiger partial charge on any atom is 0.0419 e. The van der Waals surface area contributed by atoms with Crippen LogP contribution in [0.2, 0.25) is 0 Å². The first kappa shape index (κ1) is 23.6. The fourth-order valence-electron chi connectivity index (χ4n) is 4.32. The minimum absolute atomic E-state index is 0.534. The molecule has 0 saturated heterocycles. The SMILES string of the molecule is CCC(C)c1ccccc1Nc1ccc(-c2ccc(Nc3ccccc3C(C)CC)cc2)cc1. The molecule has 2 atom stereocenters. The van der Waals surface area contributed by atoms with E-state index in [1.807, 2.05) is 0 Å². The Bertz CT molecular complexity index is 1100. The summed E-state index contributed by atoms with van der Waals surface area (Å²) in [5.41, 5.74) is 9.77. The Morgan fingerprint density at radius 1 is 0.500 bits per heavy atom. The van der Waals surface area contributed by atoms with Gasteiger partial charge in [0.15, 0.2) is 0 Å². The molecule has 0 bridgehead atoms. The predicted molar refractivity (Wildman–Crippen MR) is 149 cm³/mol. The Balaban J connectivity index is 1.47. The molecule has 0 heterocycles. The van der Waals surface area contributed by atoms with Crippen LogP contribution in [0.5, 0.6) is 0 Å². The number of rotatable bonds is 9. The summed E-state index contributed by atoms with van der Waals surface area (Å²) in [6.07, 6.45) is 2.26. The van der Waals surface area contributed by atoms with Gasteiger partial charge in [-0.25, -0.2) is 0 Å². The van der Waals surface area contributed by atoms with E-state index in [-0.39, 0.29) is 0 Å². The molecular weight excluding hydrogens is 412 g/mol. The van der Waals surface area contributed by atoms with Crippen molar-refractivity contribution in [2.75, 3.05) is 10.6 Å². The summed E-state index contributed by atoms with van der Waals surface area (Å²) in [6.45, 7) is 9.04. The highest BCUT2D eigenvalue weighted by Crippen LogP contribution is 2.32. The van der Waals surface area contributed by atoms with Crippen LogP contribution in [0.3, 0.4) is 0 Å². The zero-order valence-electron chi connectivity index (χ0n) is 20.8. The van der Waals surface area contributed by atoms with E-state index in [0.29, 0.717) is 11.8 Å². The van der Waals surface area contributed by atoms with Crippen molar-refractivity contribution in [3.8, 4) is 11.1 Å². The van der Waals surface area contributed by atoms with Crippen LogP contribution in [0, 0.1) is 0 Å². The summed E-state index contributed by atoms with van der Waals surface area (Å²) in [5, 5.41) is 7.22. The van der Waals surface area contributed by atoms with Crippen LogP contribution in [-0.2, 0) is 0 Å². The summed E-state index contributed by atoms with van der Waals surface area (Å²) in [4.78, 5) is 0. The minimum atomic E-state index is 0.534. The van der Waals surface area contributed by atoms with Crippen LogP contribution < -0.4 is 10.6 Å². The average molecular weight is 449 g/mol. The summed E-state index contributed by atoms with van der Waals surface area (Å²) in [6, 6.07) is 34.6. The van der Waals surface area contributed by atoms with Gasteiger partial charge < -0.3 is 10.6 Å². The third-order valence-corrected chi connectivity index (χ3v) is 6.87. The maximum absolute atomic E-state index is 3.61. The number of hydrogen-bond acceptors (Lipinski definition) is 2. The monoisotopic (exact) mass is 448 g/mol. The van der Waals surface area contributed by atoms with Crippen LogP contribution in [0.4, 0.5) is 22.7 Å². The van der Waals surface area contributed by atoms with Crippen molar-refractivity contribution in [1.29, 1.82) is 0 Å². The molecule has 0 aliphatic rings. The molecule has 0 saturated carbocycles. The third-order valence-electron chi connectivity index (χ3n) is 6.87. The number of benzene rings is 4. The number of nitrogens with one attached hydrogen (secondary N) is 2. The lowest BCUT2D eigenvalue weighted by Gasteiger charge is -2.17. The molecule has 34 heavy (non-hydrogen) atoms. The molecule has 0 fully saturated rings. The van der Waals surface area contributed by atoms with E-state index in [1.165, 1.54) is 33.6 Å². The largest absolute Gasteiger partial charge is 0.355 e. The smallest absolute Gasteiger partial charge is 0.0419 e. The van der Waals surface area contributed by atoms with Crippen molar-refractivity contribution in [1.82, 2.24) is 0 Å². The predicted octanol–water partition coefficient (Wildman–Crippen LogP) is 9.87. The van der Waals surface area contributed by atoms with Gasteiger partial charge in [0.1, 0.15) is 0 Å². The van der Waals surface area contributed by atoms with Crippen molar-refractivity contribution in [2.45, 2.75) is 52.4 Å². The highest BCUT2D eigenvalue weighted by Gasteiger charge is 2.10. The Hall–Kier alpha value is -3.52. The molecule has 0 aromatic heterocycles. The van der Waals surface area contributed by atoms with Gasteiger partial charge in [-0.3, -0.25) is 0 Å². The van der Waals surface area contributed by atoms with E-state index in [0.717, 1.165) is 24.2 Å². The van der Waals surface area contributed by atoms with Gasteiger partial charge in [-0.15, -0.1) is 0 Å². The fourth-order valence-corrected chi connectivity index (χ4v) is 4.32. The van der Waals surface area contributed by atoms with Gasteiger partial charge in [-0.2, -0.15) is 0 Å². The molecule has 174 valence electrons. The van der Waals surface area contributed by atoms with Crippen LogP contribution in [0.1, 0.15) is 63.5 Å². The maximum atomic E-state index is 3.61. The van der Waals surface area contributed by atoms with E-state index in [9.17, 15) is 0 Å². The van der Waals surface area contributed by atoms with E-state index in [4.69, 9.17) is 0 Å². The summed E-state index contributed by atoms with van der Waals surface area (Å²) < 4.78 is 0. The Morgan fingerprint density at radius 2 is 0.853 bits per heavy atom. The standard InChI is InChI=1S/C32H36N2/c1-5-23(3)29-11-7-9-13-31(29)33-27-19-15-25(16-20-27)26-17-21-28(22-18-26)34-32-14-10-8-12-30(32)24(4)6-2/h7-24,33-34H,5-6H2,1-4H3. The molecule has 4 rings (SSSR count). The number of anilines is 4. The molecule has 0 spiro atoms. The first-order valence-corrected chi connectivity index (χ1v) is 12.5. The lowest BCUT2D eigenvalue weighted by molar-refractivity contribution is 0.735. The Kier molecular flexibility index (Phi) is 7.69. The highest BCUT2D eigenvalue weighted by molar-refractivity contribution is 5.72. The average Bonchev–Trinajstić information content (AvgIpc) is 2.89. The van der Waals surface area contributed by atoms with Crippen LogP contribution >= 0.6 is 0 Å². The second kappa shape index (κ2) is 11.1. The first-order valence-electron chi connectivity index (χ1n) is 12.5. The fraction of sp³-hybridized carbons (Fsp3) is 0.250. The lowest BCUT2D eigenvalue weighted by atomic mass is 9.96. The van der Waals surface area contributed by atoms with Gasteiger partial charge in [-0.05, 0) is 83.3 Å². The molecule has 2 unspecified atom stereocenters. The molecule has 2 heteroatoms. The summed E-state index contributed by atoms with van der Waals surface area (Å²) in [7, 11) is 0. The van der Waals surface area contributed by atoms with Crippen LogP contribution in [-0.4, -0.2) is 0 Å². The molecular formula is C32H36N2. The van der Waals surface area contributed by atoms with Gasteiger partial charge in [0.05, 0.1) is 0 Å². The Labute approximate surface area is 205 Å². The van der Waals surface area contributed by atoms with Gasteiger partial charge in [0, 0.05) is 22.7 Å². The quantitative estimate of drug-likeness (QED) is 0.266. The molecule has 4 aromatic carbocycles. The first-order chi connectivity index (χ1) is 16.6. The van der Waals surface area contributed by atoms with Crippen molar-refractivity contribution in [3.63, 3.8) is 0 Å². The third kappa shape index (κ3) is 5.51. The zero-order chi connectivity index (χ0) is 23.9. The van der Waals surface area contributed by atoms with Crippen molar-refractivity contribution in [3.05, 3.63) is 108 Å². The van der Waals surface area contributed by atoms with Gasteiger partial charge in [-0.1, -0.05) is 88.4 Å². The summed E-state index contributed by atoms with van der Waals surface area (Å²) in [5.74, 6) is 1.07. The van der Waals surface area contributed by atoms with Crippen molar-refractivity contribution >= 4 is 22.7 Å². The molecule has 4 aromatic rings. The second-order valence-electron chi connectivity index (χ2n) is 9.20. The minimum Gasteiger partial charge on any atom is -0.355 e. The molecule has 0 radical (unpaired) electrons. The lowest BCUT2D eigenvalue weighted by Crippen LogP contribution is -1.99. The molecule has 2 N–H and O–H groups in total. The zero-order valence-corrected chi connectivity index (χ0v) is 20.8. The van der Waals surface area contributed by atoms with Crippen molar-refractivity contribution in [2.24, 2.45) is 0 Å². The van der Waals surface area contributed by atoms with E-state index in [1.54, 1.807) is 0 Å². The van der Waals surface area contributed by atoms with Gasteiger partial charge >= 0.3 is 0 Å². The highest BCUT2D eigenvalue weighted by atomic mass is 14.9. The summed E-state index contributed by atoms with van der Waals surface area (Å²) >= 11 is 0. The number of hydrogen-bond donors (Lipinski definition) is 2. The topological polar surface area (TPSA) is 24.1 Å². The molecule has 0 aliphatic carbocycles. The molecule has 2 nitrogen and oxygen atoms in total. The normalized spacial score (nSPS) is 12.7. The van der Waals surface area contributed by atoms with Gasteiger partial charge in [0.25, 0.3) is 0 Å².